The van der Waals surface area contributed by atoms with Crippen LogP contribution in [0.25, 0.3) is 83.6 Å². The fraction of sp³-hybridized carbons (Fsp3) is 0.0851. The molecule has 0 radical (unpaired) electrons. The van der Waals surface area contributed by atoms with E-state index in [-0.39, 0.29) is 32.2 Å². The molecule has 54 heavy (non-hydrogen) atoms. The average Bonchev–Trinajstić information content (AvgIpc) is 3.76. The number of aromatic hydroxyl groups is 1. The second kappa shape index (κ2) is 13.6. The third-order valence-electron chi connectivity index (χ3n) is 9.85. The molecule has 0 aliphatic heterocycles. The molecule has 0 aliphatic rings. The van der Waals surface area contributed by atoms with E-state index in [9.17, 15) is 10.4 Å². The fourth-order valence-electron chi connectivity index (χ4n) is 7.29. The van der Waals surface area contributed by atoms with Crippen molar-refractivity contribution in [3.8, 4) is 62.4 Å². The molecule has 0 atom stereocenters. The van der Waals surface area contributed by atoms with Crippen LogP contribution in [-0.4, -0.2) is 19.6 Å². The molecule has 0 saturated carbocycles. The first-order chi connectivity index (χ1) is 25.8. The predicted octanol–water partition coefficient (Wildman–Crippen LogP) is 11.7. The summed E-state index contributed by atoms with van der Waals surface area (Å²) in [7, 11) is 0. The van der Waals surface area contributed by atoms with Gasteiger partial charge in [-0.25, -0.2) is 4.98 Å². The standard InChI is InChI=1S/C47H33N4O2.Pt/c1-47(2,3)39-21-12-20-35(44(39)52)46-50-43-34(19-13-22-41(43)51(46)32-16-8-5-9-17-32)37-25-30(24-36-33-18-10-11-23-42(33)53-45(36)37)40-26-31(27-48)38(28-49-40)29-14-6-4-7-15-29;/h4-24,26,28,52H,1-3H3;/q-1;. The van der Waals surface area contributed by atoms with E-state index in [1.165, 1.54) is 0 Å². The molecule has 0 aliphatic carbocycles. The second-order valence-corrected chi connectivity index (χ2v) is 14.2. The number of hydrogen-bond acceptors (Lipinski definition) is 5. The maximum Gasteiger partial charge on any atom is 0.148 e. The summed E-state index contributed by atoms with van der Waals surface area (Å²) >= 11 is 0. The molecule has 0 spiro atoms. The van der Waals surface area contributed by atoms with E-state index >= 15 is 0 Å². The van der Waals surface area contributed by atoms with Crippen LogP contribution in [0.5, 0.6) is 5.75 Å². The van der Waals surface area contributed by atoms with E-state index in [2.05, 4.69) is 49.6 Å². The van der Waals surface area contributed by atoms with Crippen molar-refractivity contribution in [2.24, 2.45) is 0 Å². The van der Waals surface area contributed by atoms with Crippen LogP contribution in [-0.2, 0) is 26.5 Å². The predicted molar refractivity (Wildman–Crippen MR) is 212 cm³/mol. The first-order valence-electron chi connectivity index (χ1n) is 17.5. The average molecular weight is 881 g/mol. The van der Waals surface area contributed by atoms with Gasteiger partial charge in [0, 0.05) is 49.6 Å². The minimum Gasteiger partial charge on any atom is -0.507 e. The fourth-order valence-corrected chi connectivity index (χ4v) is 7.29. The molecule has 6 nitrogen and oxygen atoms in total. The summed E-state index contributed by atoms with van der Waals surface area (Å²) in [6.07, 6.45) is 1.76. The summed E-state index contributed by atoms with van der Waals surface area (Å²) in [6, 6.07) is 49.8. The Balaban J connectivity index is 0.00000413. The summed E-state index contributed by atoms with van der Waals surface area (Å²) in [6.45, 7) is 6.28. The zero-order valence-corrected chi connectivity index (χ0v) is 32.0. The van der Waals surface area contributed by atoms with Crippen LogP contribution in [0.1, 0.15) is 31.9 Å². The monoisotopic (exact) mass is 880 g/mol. The number of pyridine rings is 1. The number of fused-ring (bicyclic) bond motifs is 4. The van der Waals surface area contributed by atoms with Crippen molar-refractivity contribution in [3.05, 3.63) is 157 Å². The van der Waals surface area contributed by atoms with Gasteiger partial charge in [-0.15, -0.1) is 12.1 Å². The summed E-state index contributed by atoms with van der Waals surface area (Å²) in [5, 5.41) is 23.9. The molecule has 264 valence electrons. The number of phenolic OH excluding ortho intramolecular Hbond substituents is 1. The number of rotatable bonds is 5. The second-order valence-electron chi connectivity index (χ2n) is 14.2. The van der Waals surface area contributed by atoms with Crippen molar-refractivity contribution < 1.29 is 30.6 Å². The van der Waals surface area contributed by atoms with Gasteiger partial charge in [0.15, 0.2) is 0 Å². The van der Waals surface area contributed by atoms with Crippen molar-refractivity contribution in [1.82, 2.24) is 14.5 Å². The third kappa shape index (κ3) is 5.78. The molecule has 9 rings (SSSR count). The van der Waals surface area contributed by atoms with Gasteiger partial charge in [0.1, 0.15) is 17.2 Å². The molecule has 0 bridgehead atoms. The van der Waals surface area contributed by atoms with Crippen molar-refractivity contribution in [3.63, 3.8) is 0 Å². The van der Waals surface area contributed by atoms with E-state index in [1.54, 1.807) is 6.20 Å². The maximum atomic E-state index is 11.8. The van der Waals surface area contributed by atoms with E-state index < -0.39 is 0 Å². The van der Waals surface area contributed by atoms with Crippen LogP contribution in [0.4, 0.5) is 0 Å². The summed E-state index contributed by atoms with van der Waals surface area (Å²) < 4.78 is 8.70. The van der Waals surface area contributed by atoms with Crippen LogP contribution in [0.3, 0.4) is 0 Å². The maximum absolute atomic E-state index is 11.8. The van der Waals surface area contributed by atoms with Crippen LogP contribution >= 0.6 is 0 Å². The minimum absolute atomic E-state index is 0. The molecule has 0 saturated heterocycles. The van der Waals surface area contributed by atoms with Crippen molar-refractivity contribution in [1.29, 1.82) is 5.26 Å². The van der Waals surface area contributed by atoms with Crippen LogP contribution in [0.2, 0.25) is 0 Å². The topological polar surface area (TPSA) is 87.9 Å². The van der Waals surface area contributed by atoms with Gasteiger partial charge < -0.3 is 9.52 Å². The number of nitriles is 1. The van der Waals surface area contributed by atoms with Crippen molar-refractivity contribution >= 4 is 33.0 Å². The zero-order valence-electron chi connectivity index (χ0n) is 29.7. The molecule has 1 N–H and O–H groups in total. The number of hydrogen-bond donors (Lipinski definition) is 1. The Morgan fingerprint density at radius 3 is 2.22 bits per heavy atom. The Morgan fingerprint density at radius 2 is 1.46 bits per heavy atom. The Hall–Kier alpha value is -6.28. The number of furan rings is 1. The Labute approximate surface area is 327 Å². The van der Waals surface area contributed by atoms with Gasteiger partial charge in [0.05, 0.1) is 33.8 Å². The molecule has 0 unspecified atom stereocenters. The Morgan fingerprint density at radius 1 is 0.759 bits per heavy atom. The molecule has 9 aromatic rings. The largest absolute Gasteiger partial charge is 0.507 e. The number of imidazole rings is 1. The smallest absolute Gasteiger partial charge is 0.148 e. The molecule has 3 heterocycles. The number of benzene rings is 6. The molecule has 0 amide bonds. The van der Waals surface area contributed by atoms with E-state index in [0.717, 1.165) is 66.5 Å². The van der Waals surface area contributed by atoms with Crippen molar-refractivity contribution in [2.75, 3.05) is 0 Å². The first-order valence-corrected chi connectivity index (χ1v) is 17.5. The van der Waals surface area contributed by atoms with E-state index in [4.69, 9.17) is 14.4 Å². The molecule has 7 heteroatoms. The quantitative estimate of drug-likeness (QED) is 0.174. The minimum atomic E-state index is -0.282. The van der Waals surface area contributed by atoms with Crippen molar-refractivity contribution in [2.45, 2.75) is 26.2 Å². The SMILES string of the molecule is CC(C)(C)c1cccc(-c2nc3c(-c4[c-]c(-c5cc(C#N)c(-c6ccccc6)cn5)cc5c4oc4ccccc45)cccc3n2-c2ccccc2)c1O.[Pt]. The summed E-state index contributed by atoms with van der Waals surface area (Å²) in [5.74, 6) is 0.830. The molecule has 6 aromatic carbocycles. The number of phenols is 1. The van der Waals surface area contributed by atoms with Gasteiger partial charge in [-0.05, 0) is 52.3 Å². The van der Waals surface area contributed by atoms with Crippen LogP contribution in [0.15, 0.2) is 144 Å². The first kappa shape index (κ1) is 34.8. The molecule has 3 aromatic heterocycles. The zero-order chi connectivity index (χ0) is 36.3. The summed E-state index contributed by atoms with van der Waals surface area (Å²) in [4.78, 5) is 10.2. The van der Waals surface area contributed by atoms with Gasteiger partial charge in [-0.3, -0.25) is 9.55 Å². The van der Waals surface area contributed by atoms with Crippen LogP contribution < -0.4 is 0 Å². The molecular formula is C47H33N4O2Pt-. The normalized spacial score (nSPS) is 11.5. The van der Waals surface area contributed by atoms with Crippen LogP contribution in [0, 0.1) is 17.4 Å². The Bertz CT molecular complexity index is 2900. The molecular weight excluding hydrogens is 848 g/mol. The van der Waals surface area contributed by atoms with Gasteiger partial charge >= 0.3 is 0 Å². The van der Waals surface area contributed by atoms with Gasteiger partial charge in [0.2, 0.25) is 0 Å². The molecule has 0 fully saturated rings. The van der Waals surface area contributed by atoms with Gasteiger partial charge in [-0.2, -0.15) is 5.26 Å². The van der Waals surface area contributed by atoms with Gasteiger partial charge in [-0.1, -0.05) is 135 Å². The number of aromatic nitrogens is 3. The summed E-state index contributed by atoms with van der Waals surface area (Å²) in [5.41, 5.74) is 10.3. The third-order valence-corrected chi connectivity index (χ3v) is 9.85. The number of para-hydroxylation sites is 4. The number of nitrogens with zero attached hydrogens (tertiary/aromatic N) is 4. The van der Waals surface area contributed by atoms with E-state index in [0.29, 0.717) is 28.2 Å². The Kier molecular flexibility index (Phi) is 8.76. The van der Waals surface area contributed by atoms with Gasteiger partial charge in [0.25, 0.3) is 0 Å². The van der Waals surface area contributed by atoms with E-state index in [1.807, 2.05) is 121 Å².